The van der Waals surface area contributed by atoms with Gasteiger partial charge in [-0.1, -0.05) is 17.7 Å². The average Bonchev–Trinajstić information content (AvgIpc) is 3.59. The van der Waals surface area contributed by atoms with Crippen LogP contribution in [0.4, 0.5) is 19.6 Å². The predicted molar refractivity (Wildman–Crippen MR) is 171 cm³/mol. The molecule has 9 nitrogen and oxygen atoms in total. The molecule has 2 aromatic carbocycles. The highest BCUT2D eigenvalue weighted by molar-refractivity contribution is 7.23. The molecule has 2 bridgehead atoms. The van der Waals surface area contributed by atoms with E-state index in [-0.39, 0.29) is 53.7 Å². The number of anilines is 2. The molecule has 2 aromatic heterocycles. The third-order valence-corrected chi connectivity index (χ3v) is 11.0. The van der Waals surface area contributed by atoms with Crippen LogP contribution in [0.15, 0.2) is 18.2 Å². The summed E-state index contributed by atoms with van der Waals surface area (Å²) in [6.45, 7) is 6.07. The Morgan fingerprint density at radius 1 is 1.18 bits per heavy atom. The zero-order chi connectivity index (χ0) is 30.9. The lowest BCUT2D eigenvalue weighted by atomic mass is 9.97. The number of fused-ring (bicyclic) bond motifs is 4. The number of benzene rings is 2. The molecule has 8 rings (SSSR count). The van der Waals surface area contributed by atoms with Crippen LogP contribution in [0.5, 0.6) is 6.01 Å². The Kier molecular flexibility index (Phi) is 7.22. The maximum atomic E-state index is 16.9. The summed E-state index contributed by atoms with van der Waals surface area (Å²) in [5.74, 6) is -0.635. The van der Waals surface area contributed by atoms with Crippen LogP contribution in [0.1, 0.15) is 31.2 Å². The zero-order valence-electron chi connectivity index (χ0n) is 24.5. The monoisotopic (exact) mass is 651 g/mol. The van der Waals surface area contributed by atoms with E-state index in [0.717, 1.165) is 83.0 Å². The Morgan fingerprint density at radius 3 is 2.64 bits per heavy atom. The second-order valence-electron chi connectivity index (χ2n) is 12.7. The number of aromatic nitrogens is 2. The smallest absolute Gasteiger partial charge is 0.319 e. The summed E-state index contributed by atoms with van der Waals surface area (Å²) in [6, 6.07) is 7.18. The van der Waals surface area contributed by atoms with E-state index in [2.05, 4.69) is 26.2 Å². The van der Waals surface area contributed by atoms with Gasteiger partial charge in [0, 0.05) is 66.6 Å². The third-order valence-electron chi connectivity index (χ3n) is 9.68. The minimum absolute atomic E-state index is 0.0139. The Morgan fingerprint density at radius 2 is 1.93 bits per heavy atom. The van der Waals surface area contributed by atoms with E-state index >= 15 is 4.39 Å². The summed E-state index contributed by atoms with van der Waals surface area (Å²) in [4.78, 5) is 14.1. The average molecular weight is 652 g/mol. The first-order chi connectivity index (χ1) is 21.8. The second-order valence-corrected chi connectivity index (χ2v) is 14.2. The number of nitrogens with zero attached hydrogens (tertiary/aromatic N) is 5. The first-order valence-corrected chi connectivity index (χ1v) is 16.6. The minimum atomic E-state index is -0.680. The van der Waals surface area contributed by atoms with Crippen LogP contribution in [0.2, 0.25) is 5.02 Å². The Balaban J connectivity index is 1.23. The molecule has 1 saturated carbocycles. The topological polar surface area (TPSA) is 113 Å². The van der Waals surface area contributed by atoms with Crippen molar-refractivity contribution in [2.45, 2.75) is 37.8 Å². The lowest BCUT2D eigenvalue weighted by molar-refractivity contribution is 0.0231. The number of nitriles is 1. The quantitative estimate of drug-likeness (QED) is 0.274. The van der Waals surface area contributed by atoms with Gasteiger partial charge in [-0.05, 0) is 43.4 Å². The summed E-state index contributed by atoms with van der Waals surface area (Å²) >= 11 is 7.81. The molecule has 2 atom stereocenters. The number of nitrogen functional groups attached to an aromatic ring is 1. The number of rotatable bonds is 7. The number of hydrogen-bond acceptors (Lipinski definition) is 10. The van der Waals surface area contributed by atoms with Crippen LogP contribution in [-0.2, 0) is 4.74 Å². The molecule has 0 spiro atoms. The van der Waals surface area contributed by atoms with E-state index in [9.17, 15) is 9.65 Å². The molecule has 234 valence electrons. The number of ether oxygens (including phenoxy) is 2. The number of hydrogen-bond donors (Lipinski definition) is 2. The van der Waals surface area contributed by atoms with Gasteiger partial charge in [0.05, 0.1) is 35.1 Å². The number of thiophene rings is 1. The molecule has 4 aliphatic rings. The molecule has 13 heteroatoms. The summed E-state index contributed by atoms with van der Waals surface area (Å²) in [5, 5.41) is 14.5. The molecule has 0 radical (unpaired) electrons. The van der Waals surface area contributed by atoms with Gasteiger partial charge in [-0.25, -0.2) is 8.78 Å². The van der Waals surface area contributed by atoms with Gasteiger partial charge in [0.25, 0.3) is 0 Å². The van der Waals surface area contributed by atoms with Gasteiger partial charge in [0.15, 0.2) is 5.82 Å². The van der Waals surface area contributed by atoms with Gasteiger partial charge in [-0.15, -0.1) is 11.3 Å². The van der Waals surface area contributed by atoms with E-state index < -0.39 is 11.6 Å². The van der Waals surface area contributed by atoms with Gasteiger partial charge in [-0.3, -0.25) is 4.90 Å². The Bertz CT molecular complexity index is 1860. The van der Waals surface area contributed by atoms with E-state index in [1.165, 1.54) is 12.1 Å². The number of nitrogens with one attached hydrogen (secondary N) is 1. The SMILES string of the molecule is N#Cc1c(N)sc2c(F)ccc(-c3c(Cl)cc4c(N5CC6CCC(C5)N6)nc(OCC5(CN6CCOCC6)CC5)nc4c3F)c12. The summed E-state index contributed by atoms with van der Waals surface area (Å²) in [5.41, 5.74) is 6.57. The van der Waals surface area contributed by atoms with Crippen LogP contribution in [-0.4, -0.2) is 79.5 Å². The van der Waals surface area contributed by atoms with Gasteiger partial charge in [0.2, 0.25) is 0 Å². The van der Waals surface area contributed by atoms with Crippen molar-refractivity contribution in [2.24, 2.45) is 5.41 Å². The van der Waals surface area contributed by atoms with Gasteiger partial charge in [-0.2, -0.15) is 15.2 Å². The van der Waals surface area contributed by atoms with Crippen molar-refractivity contribution in [3.05, 3.63) is 40.4 Å². The first-order valence-electron chi connectivity index (χ1n) is 15.4. The van der Waals surface area contributed by atoms with Crippen molar-refractivity contribution in [3.63, 3.8) is 0 Å². The van der Waals surface area contributed by atoms with Gasteiger partial charge in [0.1, 0.15) is 28.2 Å². The second kappa shape index (κ2) is 11.2. The number of morpholine rings is 1. The van der Waals surface area contributed by atoms with E-state index in [0.29, 0.717) is 29.9 Å². The molecule has 45 heavy (non-hydrogen) atoms. The molecule has 2 unspecified atom stereocenters. The lowest BCUT2D eigenvalue weighted by Gasteiger charge is -2.34. The molecular weight excluding hydrogens is 620 g/mol. The van der Waals surface area contributed by atoms with Crippen LogP contribution in [0, 0.1) is 28.4 Å². The maximum absolute atomic E-state index is 16.9. The Hall–Kier alpha value is -3.34. The third kappa shape index (κ3) is 5.15. The largest absolute Gasteiger partial charge is 0.463 e. The van der Waals surface area contributed by atoms with Crippen molar-refractivity contribution in [1.82, 2.24) is 20.2 Å². The molecule has 5 heterocycles. The zero-order valence-corrected chi connectivity index (χ0v) is 26.1. The molecule has 1 aliphatic carbocycles. The van der Waals surface area contributed by atoms with Crippen molar-refractivity contribution in [3.8, 4) is 23.2 Å². The van der Waals surface area contributed by atoms with Crippen LogP contribution >= 0.6 is 22.9 Å². The standard InChI is InChI=1S/C32H32ClF2N7O2S/c33-22-11-20-27(26(35)25(22)19-3-4-23(34)28-24(19)21(12-36)29(37)45-28)39-31(40-30(20)42-13-17-1-2-18(14-42)38-17)44-16-32(5-6-32)15-41-7-9-43-10-8-41/h3-4,11,17-18,38H,1-2,5-10,13-16,37H2. The van der Waals surface area contributed by atoms with E-state index in [4.69, 9.17) is 31.8 Å². The van der Waals surface area contributed by atoms with E-state index in [1.54, 1.807) is 6.07 Å². The number of halogens is 3. The number of piperazine rings is 1. The minimum Gasteiger partial charge on any atom is -0.463 e. The van der Waals surface area contributed by atoms with Crippen LogP contribution in [0.25, 0.3) is 32.1 Å². The summed E-state index contributed by atoms with van der Waals surface area (Å²) in [6.07, 6.45) is 4.24. The van der Waals surface area contributed by atoms with E-state index in [1.807, 2.05) is 0 Å². The lowest BCUT2D eigenvalue weighted by Crippen LogP contribution is -2.51. The van der Waals surface area contributed by atoms with Crippen molar-refractivity contribution in [2.75, 3.05) is 63.2 Å². The highest BCUT2D eigenvalue weighted by atomic mass is 35.5. The molecule has 3 aliphatic heterocycles. The highest BCUT2D eigenvalue weighted by Gasteiger charge is 2.45. The maximum Gasteiger partial charge on any atom is 0.319 e. The highest BCUT2D eigenvalue weighted by Crippen LogP contribution is 2.48. The summed E-state index contributed by atoms with van der Waals surface area (Å²) < 4.78 is 43.7. The normalized spacial score (nSPS) is 22.7. The molecular formula is C32H32ClF2N7O2S. The summed E-state index contributed by atoms with van der Waals surface area (Å²) in [7, 11) is 0. The fraction of sp³-hybridized carbons (Fsp3) is 0.469. The number of nitrogens with two attached hydrogens (primary N) is 1. The van der Waals surface area contributed by atoms with Crippen LogP contribution in [0.3, 0.4) is 0 Å². The predicted octanol–water partition coefficient (Wildman–Crippen LogP) is 5.33. The van der Waals surface area contributed by atoms with Crippen molar-refractivity contribution < 1.29 is 18.3 Å². The molecule has 3 saturated heterocycles. The van der Waals surface area contributed by atoms with Crippen molar-refractivity contribution >= 4 is 54.7 Å². The van der Waals surface area contributed by atoms with Crippen molar-refractivity contribution in [1.29, 1.82) is 5.26 Å². The first kappa shape index (κ1) is 29.1. The molecule has 3 N–H and O–H groups in total. The van der Waals surface area contributed by atoms with Crippen LogP contribution < -0.4 is 20.7 Å². The Labute approximate surface area is 267 Å². The molecule has 4 fully saturated rings. The fourth-order valence-electron chi connectivity index (χ4n) is 7.17. The fourth-order valence-corrected chi connectivity index (χ4v) is 8.41. The molecule has 0 amide bonds. The molecule has 4 aromatic rings. The van der Waals surface area contributed by atoms with Gasteiger partial charge >= 0.3 is 6.01 Å². The van der Waals surface area contributed by atoms with Gasteiger partial charge < -0.3 is 25.4 Å².